The van der Waals surface area contributed by atoms with Crippen molar-refractivity contribution in [2.24, 2.45) is 0 Å². The van der Waals surface area contributed by atoms with Gasteiger partial charge in [0.25, 0.3) is 5.91 Å². The minimum atomic E-state index is -0.413. The van der Waals surface area contributed by atoms with Gasteiger partial charge in [0.1, 0.15) is 30.6 Å². The lowest BCUT2D eigenvalue weighted by Gasteiger charge is -2.15. The van der Waals surface area contributed by atoms with E-state index >= 15 is 0 Å². The molecule has 2 aromatic heterocycles. The van der Waals surface area contributed by atoms with Gasteiger partial charge >= 0.3 is 6.03 Å². The van der Waals surface area contributed by atoms with E-state index in [-0.39, 0.29) is 25.7 Å². The van der Waals surface area contributed by atoms with Crippen LogP contribution in [-0.2, 0) is 29.2 Å². The van der Waals surface area contributed by atoms with Gasteiger partial charge in [-0.05, 0) is 60.4 Å². The highest BCUT2D eigenvalue weighted by Gasteiger charge is 2.15. The number of amides is 3. The summed E-state index contributed by atoms with van der Waals surface area (Å²) in [7, 11) is 1.45. The smallest absolute Gasteiger partial charge is 0.324 e. The van der Waals surface area contributed by atoms with Crippen molar-refractivity contribution in [1.82, 2.24) is 14.8 Å². The summed E-state index contributed by atoms with van der Waals surface area (Å²) in [4.78, 5) is 29.3. The molecule has 5 aromatic rings. The molecule has 0 bridgehead atoms. The fourth-order valence-corrected chi connectivity index (χ4v) is 4.82. The van der Waals surface area contributed by atoms with Gasteiger partial charge in [-0.1, -0.05) is 49.7 Å². The molecule has 232 valence electrons. The predicted molar refractivity (Wildman–Crippen MR) is 174 cm³/mol. The predicted octanol–water partition coefficient (Wildman–Crippen LogP) is 6.06. The van der Waals surface area contributed by atoms with E-state index in [0.717, 1.165) is 52.5 Å². The standard InChI is InChI=1S/C34H36N6O5/c1-3-4-7-25-19-32(40(39-25)26-12-10-23(20-41)11-13-26)38-34(43)36-29-14-15-30(28-9-6-5-8-27(28)29)45-21-24-16-17-35-31(18-24)37-33(42)22-44-2/h5-6,8-19,41H,3-4,7,20-22H2,1-2H3,(H,35,37,42)(H2,36,38,43). The molecule has 11 nitrogen and oxygen atoms in total. The molecule has 0 aliphatic carbocycles. The highest BCUT2D eigenvalue weighted by molar-refractivity contribution is 6.07. The van der Waals surface area contributed by atoms with Crippen LogP contribution in [0.1, 0.15) is 36.6 Å². The van der Waals surface area contributed by atoms with Crippen molar-refractivity contribution in [2.75, 3.05) is 29.7 Å². The number of pyridine rings is 1. The van der Waals surface area contributed by atoms with E-state index < -0.39 is 6.03 Å². The van der Waals surface area contributed by atoms with E-state index in [4.69, 9.17) is 14.6 Å². The Hall–Kier alpha value is -5.26. The zero-order chi connectivity index (χ0) is 31.6. The second kappa shape index (κ2) is 15.0. The van der Waals surface area contributed by atoms with Gasteiger partial charge in [0.05, 0.1) is 23.7 Å². The largest absolute Gasteiger partial charge is 0.488 e. The van der Waals surface area contributed by atoms with Crippen LogP contribution >= 0.6 is 0 Å². The van der Waals surface area contributed by atoms with Crippen LogP contribution < -0.4 is 20.7 Å². The Morgan fingerprint density at radius 3 is 2.47 bits per heavy atom. The Morgan fingerprint density at radius 1 is 0.911 bits per heavy atom. The number of aromatic nitrogens is 3. The topological polar surface area (TPSA) is 140 Å². The highest BCUT2D eigenvalue weighted by Crippen LogP contribution is 2.32. The summed E-state index contributed by atoms with van der Waals surface area (Å²) in [5.41, 5.74) is 3.89. The van der Waals surface area contributed by atoms with Crippen LogP contribution in [0.5, 0.6) is 5.75 Å². The number of fused-ring (bicyclic) bond motifs is 1. The van der Waals surface area contributed by atoms with Gasteiger partial charge in [-0.2, -0.15) is 5.10 Å². The number of carbonyl (C=O) groups excluding carboxylic acids is 2. The summed E-state index contributed by atoms with van der Waals surface area (Å²) in [6.07, 6.45) is 4.42. The van der Waals surface area contributed by atoms with Gasteiger partial charge in [-0.25, -0.2) is 14.5 Å². The van der Waals surface area contributed by atoms with Gasteiger partial charge in [-0.3, -0.25) is 10.1 Å². The first kappa shape index (κ1) is 31.2. The lowest BCUT2D eigenvalue weighted by atomic mass is 10.1. The number of aliphatic hydroxyl groups excluding tert-OH is 1. The summed E-state index contributed by atoms with van der Waals surface area (Å²) >= 11 is 0. The number of carbonyl (C=O) groups is 2. The number of rotatable bonds is 13. The van der Waals surface area contributed by atoms with E-state index in [1.807, 2.05) is 66.7 Å². The lowest BCUT2D eigenvalue weighted by molar-refractivity contribution is -0.119. The molecule has 0 spiro atoms. The number of hydrogen-bond donors (Lipinski definition) is 4. The fraction of sp³-hybridized carbons (Fsp3) is 0.235. The Labute approximate surface area is 261 Å². The molecule has 0 saturated heterocycles. The number of anilines is 3. The van der Waals surface area contributed by atoms with Crippen molar-refractivity contribution < 1.29 is 24.2 Å². The zero-order valence-corrected chi connectivity index (χ0v) is 25.2. The molecule has 0 radical (unpaired) electrons. The number of ether oxygens (including phenoxy) is 2. The molecule has 4 N–H and O–H groups in total. The number of benzene rings is 3. The van der Waals surface area contributed by atoms with Crippen LogP contribution in [0.25, 0.3) is 16.5 Å². The molecule has 0 saturated carbocycles. The summed E-state index contributed by atoms with van der Waals surface area (Å²) in [6, 6.07) is 23.7. The van der Waals surface area contributed by atoms with Crippen LogP contribution in [0.2, 0.25) is 0 Å². The Kier molecular flexibility index (Phi) is 10.4. The first-order valence-corrected chi connectivity index (χ1v) is 14.7. The third-order valence-corrected chi connectivity index (χ3v) is 7.05. The summed E-state index contributed by atoms with van der Waals surface area (Å²) in [5.74, 6) is 1.30. The highest BCUT2D eigenvalue weighted by atomic mass is 16.5. The Morgan fingerprint density at radius 2 is 1.71 bits per heavy atom. The van der Waals surface area contributed by atoms with Crippen molar-refractivity contribution in [3.05, 3.63) is 102 Å². The number of nitrogens with one attached hydrogen (secondary N) is 3. The van der Waals surface area contributed by atoms with E-state index in [0.29, 0.717) is 23.1 Å². The molecular formula is C34H36N6O5. The van der Waals surface area contributed by atoms with Crippen molar-refractivity contribution in [2.45, 2.75) is 39.4 Å². The molecule has 3 aromatic carbocycles. The summed E-state index contributed by atoms with van der Waals surface area (Å²) in [5, 5.41) is 24.4. The quantitative estimate of drug-likeness (QED) is 0.127. The maximum atomic E-state index is 13.3. The summed E-state index contributed by atoms with van der Waals surface area (Å²) < 4.78 is 12.7. The second-order valence-electron chi connectivity index (χ2n) is 10.4. The number of aryl methyl sites for hydroxylation is 1. The first-order valence-electron chi connectivity index (χ1n) is 14.7. The lowest BCUT2D eigenvalue weighted by Crippen LogP contribution is -2.21. The Bertz CT molecular complexity index is 1770. The normalized spacial score (nSPS) is 10.9. The van der Waals surface area contributed by atoms with Crippen molar-refractivity contribution >= 4 is 40.0 Å². The third-order valence-electron chi connectivity index (χ3n) is 7.05. The van der Waals surface area contributed by atoms with Gasteiger partial charge < -0.3 is 25.2 Å². The van der Waals surface area contributed by atoms with E-state index in [2.05, 4.69) is 27.9 Å². The van der Waals surface area contributed by atoms with Crippen LogP contribution in [0.15, 0.2) is 85.1 Å². The van der Waals surface area contributed by atoms with Gasteiger partial charge in [0.15, 0.2) is 0 Å². The van der Waals surface area contributed by atoms with E-state index in [1.165, 1.54) is 7.11 Å². The maximum absolute atomic E-state index is 13.3. The minimum Gasteiger partial charge on any atom is -0.488 e. The molecular weight excluding hydrogens is 572 g/mol. The molecule has 3 amide bonds. The van der Waals surface area contributed by atoms with Crippen LogP contribution in [0.3, 0.4) is 0 Å². The molecule has 0 atom stereocenters. The monoisotopic (exact) mass is 608 g/mol. The molecule has 0 fully saturated rings. The second-order valence-corrected chi connectivity index (χ2v) is 10.4. The van der Waals surface area contributed by atoms with Crippen LogP contribution in [0.4, 0.5) is 22.1 Å². The van der Waals surface area contributed by atoms with Crippen LogP contribution in [-0.4, -0.2) is 45.5 Å². The maximum Gasteiger partial charge on any atom is 0.324 e. The van der Waals surface area contributed by atoms with Gasteiger partial charge in [-0.15, -0.1) is 0 Å². The molecule has 0 aliphatic rings. The first-order chi connectivity index (χ1) is 22.0. The van der Waals surface area contributed by atoms with Gasteiger partial charge in [0, 0.05) is 30.1 Å². The number of aliphatic hydroxyl groups is 1. The van der Waals surface area contributed by atoms with Crippen molar-refractivity contribution in [3.63, 3.8) is 0 Å². The van der Waals surface area contributed by atoms with E-state index in [9.17, 15) is 14.7 Å². The Balaban J connectivity index is 1.32. The third kappa shape index (κ3) is 8.02. The fourth-order valence-electron chi connectivity index (χ4n) is 4.82. The molecule has 0 aliphatic heterocycles. The molecule has 0 unspecified atom stereocenters. The molecule has 5 rings (SSSR count). The minimum absolute atomic E-state index is 0.0495. The van der Waals surface area contributed by atoms with Crippen LogP contribution in [0, 0.1) is 0 Å². The number of unbranched alkanes of at least 4 members (excludes halogenated alkanes) is 1. The molecule has 2 heterocycles. The summed E-state index contributed by atoms with van der Waals surface area (Å²) in [6.45, 7) is 2.26. The van der Waals surface area contributed by atoms with E-state index in [1.54, 1.807) is 23.0 Å². The van der Waals surface area contributed by atoms with Crippen molar-refractivity contribution in [3.8, 4) is 11.4 Å². The molecule has 11 heteroatoms. The number of urea groups is 1. The zero-order valence-electron chi connectivity index (χ0n) is 25.2. The van der Waals surface area contributed by atoms with Gasteiger partial charge in [0.2, 0.25) is 0 Å². The number of methoxy groups -OCH3 is 1. The average Bonchev–Trinajstić information content (AvgIpc) is 3.45. The number of nitrogens with zero attached hydrogens (tertiary/aromatic N) is 3. The van der Waals surface area contributed by atoms with Crippen molar-refractivity contribution in [1.29, 1.82) is 0 Å². The molecule has 45 heavy (non-hydrogen) atoms. The average molecular weight is 609 g/mol. The number of hydrogen-bond acceptors (Lipinski definition) is 7. The SMILES string of the molecule is CCCCc1cc(NC(=O)Nc2ccc(OCc3ccnc(NC(=O)COC)c3)c3ccccc23)n(-c2ccc(CO)cc2)n1.